The summed E-state index contributed by atoms with van der Waals surface area (Å²) in [4.78, 5) is 11.4. The molecule has 1 aromatic rings. The number of aromatic nitrogens is 2. The number of hydrogen-bond acceptors (Lipinski definition) is 3. The minimum absolute atomic E-state index is 0.345. The summed E-state index contributed by atoms with van der Waals surface area (Å²) in [5, 5.41) is 3.94. The molecular weight excluding hydrogens is 168 g/mol. The summed E-state index contributed by atoms with van der Waals surface area (Å²) in [6.07, 6.45) is 1.71. The predicted molar refractivity (Wildman–Crippen MR) is 48.4 cm³/mol. The molecule has 0 saturated heterocycles. The fraction of sp³-hybridized carbons (Fsp3) is 0.556. The monoisotopic (exact) mass is 182 g/mol. The summed E-state index contributed by atoms with van der Waals surface area (Å²) in [6.45, 7) is 5.48. The van der Waals surface area contributed by atoms with Crippen molar-refractivity contribution in [2.45, 2.75) is 26.4 Å². The normalized spacial score (nSPS) is 11.4. The van der Waals surface area contributed by atoms with Crippen LogP contribution >= 0.6 is 0 Å². The Bertz CT molecular complexity index is 310. The summed E-state index contributed by atoms with van der Waals surface area (Å²) in [5.41, 5.74) is -0.119. The molecule has 0 unspecified atom stereocenters. The molecule has 0 bridgehead atoms. The van der Waals surface area contributed by atoms with Crippen molar-refractivity contribution >= 4 is 5.97 Å². The van der Waals surface area contributed by atoms with Crippen LogP contribution in [0.3, 0.4) is 0 Å². The third-order valence-corrected chi connectivity index (χ3v) is 1.32. The molecule has 0 aromatic carbocycles. The molecule has 4 nitrogen and oxygen atoms in total. The molecule has 0 aliphatic carbocycles. The lowest BCUT2D eigenvalue weighted by Crippen LogP contribution is -2.24. The number of hydrogen-bond donors (Lipinski definition) is 0. The van der Waals surface area contributed by atoms with Gasteiger partial charge in [0.05, 0.1) is 0 Å². The Balaban J connectivity index is 2.70. The van der Waals surface area contributed by atoms with Crippen molar-refractivity contribution in [3.05, 3.63) is 18.0 Å². The van der Waals surface area contributed by atoms with Crippen LogP contribution < -0.4 is 0 Å². The molecule has 0 atom stereocenters. The number of carbonyl (C=O) groups is 1. The van der Waals surface area contributed by atoms with Crippen molar-refractivity contribution in [3.8, 4) is 0 Å². The fourth-order valence-corrected chi connectivity index (χ4v) is 0.854. The molecule has 0 aliphatic rings. The topological polar surface area (TPSA) is 44.1 Å². The molecule has 1 heterocycles. The first-order valence-electron chi connectivity index (χ1n) is 4.11. The van der Waals surface area contributed by atoms with Gasteiger partial charge in [-0.25, -0.2) is 4.79 Å². The Morgan fingerprint density at radius 3 is 2.54 bits per heavy atom. The zero-order valence-corrected chi connectivity index (χ0v) is 8.37. The highest BCUT2D eigenvalue weighted by Crippen LogP contribution is 2.10. The van der Waals surface area contributed by atoms with Gasteiger partial charge in [0.25, 0.3) is 0 Å². The van der Waals surface area contributed by atoms with E-state index in [-0.39, 0.29) is 5.97 Å². The van der Waals surface area contributed by atoms with Crippen LogP contribution in [-0.4, -0.2) is 21.4 Å². The molecule has 0 saturated carbocycles. The SMILES string of the molecule is Cn1ccc(C(=O)OC(C)(C)C)n1. The number of esters is 1. The fourth-order valence-electron chi connectivity index (χ4n) is 0.854. The van der Waals surface area contributed by atoms with E-state index in [1.54, 1.807) is 24.0 Å². The van der Waals surface area contributed by atoms with E-state index in [2.05, 4.69) is 5.10 Å². The van der Waals surface area contributed by atoms with Crippen LogP contribution in [0.1, 0.15) is 31.3 Å². The van der Waals surface area contributed by atoms with Crippen LogP contribution in [0.2, 0.25) is 0 Å². The summed E-state index contributed by atoms with van der Waals surface area (Å²) < 4.78 is 6.69. The maximum atomic E-state index is 11.4. The van der Waals surface area contributed by atoms with Crippen LogP contribution in [0.4, 0.5) is 0 Å². The van der Waals surface area contributed by atoms with E-state index in [0.717, 1.165) is 0 Å². The smallest absolute Gasteiger partial charge is 0.359 e. The van der Waals surface area contributed by atoms with E-state index < -0.39 is 5.60 Å². The van der Waals surface area contributed by atoms with Gasteiger partial charge in [0.2, 0.25) is 0 Å². The highest BCUT2D eigenvalue weighted by Gasteiger charge is 2.19. The minimum Gasteiger partial charge on any atom is -0.455 e. The highest BCUT2D eigenvalue weighted by molar-refractivity contribution is 5.87. The Hall–Kier alpha value is -1.32. The van der Waals surface area contributed by atoms with E-state index in [9.17, 15) is 4.79 Å². The number of nitrogens with zero attached hydrogens (tertiary/aromatic N) is 2. The molecule has 0 spiro atoms. The molecule has 0 radical (unpaired) electrons. The van der Waals surface area contributed by atoms with Crippen LogP contribution in [-0.2, 0) is 11.8 Å². The zero-order chi connectivity index (χ0) is 10.1. The lowest BCUT2D eigenvalue weighted by molar-refractivity contribution is 0.00621. The average Bonchev–Trinajstić information content (AvgIpc) is 2.31. The third kappa shape index (κ3) is 2.89. The molecule has 4 heteroatoms. The first kappa shape index (κ1) is 9.77. The molecule has 0 fully saturated rings. The van der Waals surface area contributed by atoms with Gasteiger partial charge in [-0.1, -0.05) is 0 Å². The van der Waals surface area contributed by atoms with E-state index in [4.69, 9.17) is 4.74 Å². The van der Waals surface area contributed by atoms with E-state index in [1.165, 1.54) is 0 Å². The van der Waals surface area contributed by atoms with Crippen LogP contribution in [0, 0.1) is 0 Å². The van der Waals surface area contributed by atoms with Crippen molar-refractivity contribution in [3.63, 3.8) is 0 Å². The van der Waals surface area contributed by atoms with Gasteiger partial charge in [-0.05, 0) is 26.8 Å². The first-order valence-corrected chi connectivity index (χ1v) is 4.11. The second-order valence-electron chi connectivity index (χ2n) is 3.88. The van der Waals surface area contributed by atoms with E-state index in [0.29, 0.717) is 5.69 Å². The summed E-state index contributed by atoms with van der Waals surface area (Å²) in [6, 6.07) is 1.63. The second kappa shape index (κ2) is 3.20. The predicted octanol–water partition coefficient (Wildman–Crippen LogP) is 1.38. The van der Waals surface area contributed by atoms with E-state index in [1.807, 2.05) is 20.8 Å². The van der Waals surface area contributed by atoms with Crippen molar-refractivity contribution < 1.29 is 9.53 Å². The maximum absolute atomic E-state index is 11.4. The van der Waals surface area contributed by atoms with Crippen molar-refractivity contribution in [1.82, 2.24) is 9.78 Å². The van der Waals surface area contributed by atoms with Gasteiger partial charge in [0.15, 0.2) is 5.69 Å². The Morgan fingerprint density at radius 1 is 1.54 bits per heavy atom. The van der Waals surface area contributed by atoms with Gasteiger partial charge in [-0.2, -0.15) is 5.10 Å². The highest BCUT2D eigenvalue weighted by atomic mass is 16.6. The van der Waals surface area contributed by atoms with Crippen molar-refractivity contribution in [2.24, 2.45) is 7.05 Å². The second-order valence-corrected chi connectivity index (χ2v) is 3.88. The molecule has 0 N–H and O–H groups in total. The Morgan fingerprint density at radius 2 is 2.15 bits per heavy atom. The molecule has 1 rings (SSSR count). The van der Waals surface area contributed by atoms with Crippen LogP contribution in [0.25, 0.3) is 0 Å². The molecule has 0 amide bonds. The minimum atomic E-state index is -0.464. The van der Waals surface area contributed by atoms with Gasteiger partial charge >= 0.3 is 5.97 Å². The van der Waals surface area contributed by atoms with Crippen LogP contribution in [0.15, 0.2) is 12.3 Å². The van der Waals surface area contributed by atoms with E-state index >= 15 is 0 Å². The maximum Gasteiger partial charge on any atom is 0.359 e. The number of aryl methyl sites for hydroxylation is 1. The molecular formula is C9H14N2O2. The molecule has 0 aliphatic heterocycles. The average molecular weight is 182 g/mol. The van der Waals surface area contributed by atoms with Gasteiger partial charge < -0.3 is 4.74 Å². The van der Waals surface area contributed by atoms with Crippen LogP contribution in [0.5, 0.6) is 0 Å². The lowest BCUT2D eigenvalue weighted by atomic mass is 10.2. The number of rotatable bonds is 1. The van der Waals surface area contributed by atoms with Crippen molar-refractivity contribution in [2.75, 3.05) is 0 Å². The molecule has 1 aromatic heterocycles. The van der Waals surface area contributed by atoms with Gasteiger partial charge in [0.1, 0.15) is 5.60 Å². The summed E-state index contributed by atoms with van der Waals surface area (Å²) in [7, 11) is 1.76. The summed E-state index contributed by atoms with van der Waals surface area (Å²) in [5.74, 6) is -0.381. The third-order valence-electron chi connectivity index (χ3n) is 1.32. The summed E-state index contributed by atoms with van der Waals surface area (Å²) >= 11 is 0. The Labute approximate surface area is 77.5 Å². The molecule has 13 heavy (non-hydrogen) atoms. The zero-order valence-electron chi connectivity index (χ0n) is 8.37. The number of ether oxygens (including phenoxy) is 1. The van der Waals surface area contributed by atoms with Gasteiger partial charge in [0, 0.05) is 13.2 Å². The first-order chi connectivity index (χ1) is 5.88. The van der Waals surface area contributed by atoms with Crippen molar-refractivity contribution in [1.29, 1.82) is 0 Å². The molecule has 72 valence electrons. The Kier molecular flexibility index (Phi) is 2.40. The number of carbonyl (C=O) groups excluding carboxylic acids is 1. The lowest BCUT2D eigenvalue weighted by Gasteiger charge is -2.18. The standard InChI is InChI=1S/C9H14N2O2/c1-9(2,3)13-8(12)7-5-6-11(4)10-7/h5-6H,1-4H3. The van der Waals surface area contributed by atoms with Gasteiger partial charge in [-0.3, -0.25) is 4.68 Å². The quantitative estimate of drug-likeness (QED) is 0.616. The largest absolute Gasteiger partial charge is 0.455 e. The van der Waals surface area contributed by atoms with Gasteiger partial charge in [-0.15, -0.1) is 0 Å².